The summed E-state index contributed by atoms with van der Waals surface area (Å²) in [5.41, 5.74) is 2.17. The molecule has 0 bridgehead atoms. The molecule has 0 aromatic carbocycles. The van der Waals surface area contributed by atoms with Gasteiger partial charge in [-0.1, -0.05) is 5.21 Å². The van der Waals surface area contributed by atoms with E-state index in [0.717, 1.165) is 37.4 Å². The molecule has 0 aliphatic carbocycles. The quantitative estimate of drug-likeness (QED) is 0.789. The Labute approximate surface area is 143 Å². The van der Waals surface area contributed by atoms with E-state index in [1.807, 2.05) is 23.6 Å². The lowest BCUT2D eigenvalue weighted by molar-refractivity contribution is -0.0702. The highest BCUT2D eigenvalue weighted by atomic mass is 32.1. The van der Waals surface area contributed by atoms with Gasteiger partial charge in [0, 0.05) is 30.7 Å². The van der Waals surface area contributed by atoms with Crippen LogP contribution in [0.4, 0.5) is 0 Å². The van der Waals surface area contributed by atoms with Gasteiger partial charge < -0.3 is 4.74 Å². The minimum absolute atomic E-state index is 0.208. The van der Waals surface area contributed by atoms with Gasteiger partial charge in [-0.3, -0.25) is 10.00 Å². The lowest BCUT2D eigenvalue weighted by Crippen LogP contribution is -2.48. The van der Waals surface area contributed by atoms with Crippen LogP contribution in [-0.2, 0) is 17.9 Å². The number of likely N-dealkylation sites (tertiary alicyclic amines) is 1. The first-order chi connectivity index (χ1) is 11.9. The molecule has 2 aliphatic rings. The average Bonchev–Trinajstić information content (AvgIpc) is 3.35. The second-order valence-electron chi connectivity index (χ2n) is 6.35. The Kier molecular flexibility index (Phi) is 3.46. The molecule has 1 fully saturated rings. The van der Waals surface area contributed by atoms with Crippen molar-refractivity contribution in [3.8, 4) is 10.6 Å². The van der Waals surface area contributed by atoms with Crippen molar-refractivity contribution >= 4 is 11.3 Å². The van der Waals surface area contributed by atoms with Gasteiger partial charge in [-0.15, -0.1) is 16.4 Å². The molecule has 24 heavy (non-hydrogen) atoms. The molecule has 3 aromatic rings. The van der Waals surface area contributed by atoms with Crippen molar-refractivity contribution in [3.05, 3.63) is 41.2 Å². The van der Waals surface area contributed by atoms with E-state index in [0.29, 0.717) is 12.6 Å². The van der Waals surface area contributed by atoms with Gasteiger partial charge in [0.25, 0.3) is 0 Å². The topological polar surface area (TPSA) is 71.9 Å². The van der Waals surface area contributed by atoms with E-state index in [1.54, 1.807) is 6.20 Å². The number of fused-ring (bicyclic) bond motifs is 3. The third-order valence-corrected chi connectivity index (χ3v) is 5.93. The second kappa shape index (κ2) is 5.80. The van der Waals surface area contributed by atoms with Crippen molar-refractivity contribution in [3.63, 3.8) is 0 Å². The minimum Gasteiger partial charge on any atom is -0.368 e. The highest BCUT2D eigenvalue weighted by Crippen LogP contribution is 2.32. The van der Waals surface area contributed by atoms with Gasteiger partial charge in [0.15, 0.2) is 0 Å². The van der Waals surface area contributed by atoms with Gasteiger partial charge in [-0.05, 0) is 24.6 Å². The van der Waals surface area contributed by atoms with Crippen molar-refractivity contribution < 1.29 is 4.74 Å². The fourth-order valence-corrected chi connectivity index (χ4v) is 4.64. The molecule has 0 spiro atoms. The van der Waals surface area contributed by atoms with Crippen molar-refractivity contribution in [1.82, 2.24) is 30.1 Å². The molecule has 124 valence electrons. The van der Waals surface area contributed by atoms with E-state index in [-0.39, 0.29) is 6.10 Å². The van der Waals surface area contributed by atoms with Gasteiger partial charge in [0.2, 0.25) is 0 Å². The van der Waals surface area contributed by atoms with Crippen LogP contribution in [0.15, 0.2) is 30.6 Å². The van der Waals surface area contributed by atoms with Crippen molar-refractivity contribution in [2.24, 2.45) is 0 Å². The first kappa shape index (κ1) is 14.3. The highest BCUT2D eigenvalue weighted by Gasteiger charge is 2.36. The fourth-order valence-electron chi connectivity index (χ4n) is 3.62. The van der Waals surface area contributed by atoms with Crippen LogP contribution in [0, 0.1) is 0 Å². The normalized spacial score (nSPS) is 23.8. The molecule has 1 saturated heterocycles. The number of H-pyrrole nitrogens is 1. The molecule has 5 rings (SSSR count). The summed E-state index contributed by atoms with van der Waals surface area (Å²) in [6.07, 6.45) is 4.86. The fraction of sp³-hybridized carbons (Fsp3) is 0.438. The Balaban J connectivity index is 1.27. The Morgan fingerprint density at radius 1 is 1.33 bits per heavy atom. The SMILES string of the molecule is c1cc(-c2ccc(CN3CC[C@H]4[C@@H](C3)OCc3cnnn34)s2)[nH]n1. The molecule has 0 unspecified atom stereocenters. The Bertz CT molecular complexity index is 825. The number of ether oxygens (including phenoxy) is 1. The van der Waals surface area contributed by atoms with Crippen LogP contribution in [0.3, 0.4) is 0 Å². The zero-order valence-electron chi connectivity index (χ0n) is 13.1. The molecule has 2 atom stereocenters. The third kappa shape index (κ3) is 2.47. The van der Waals surface area contributed by atoms with Crippen LogP contribution in [0.1, 0.15) is 23.0 Å². The van der Waals surface area contributed by atoms with E-state index in [2.05, 4.69) is 42.2 Å². The maximum absolute atomic E-state index is 6.05. The Morgan fingerprint density at radius 2 is 2.33 bits per heavy atom. The van der Waals surface area contributed by atoms with E-state index >= 15 is 0 Å². The van der Waals surface area contributed by atoms with Gasteiger partial charge in [0.1, 0.15) is 0 Å². The Hall–Kier alpha value is -2.03. The molecule has 0 amide bonds. The van der Waals surface area contributed by atoms with E-state index in [9.17, 15) is 0 Å². The largest absolute Gasteiger partial charge is 0.368 e. The van der Waals surface area contributed by atoms with E-state index < -0.39 is 0 Å². The molecule has 7 nitrogen and oxygen atoms in total. The summed E-state index contributed by atoms with van der Waals surface area (Å²) >= 11 is 1.82. The summed E-state index contributed by atoms with van der Waals surface area (Å²) in [5, 5.41) is 15.3. The van der Waals surface area contributed by atoms with Gasteiger partial charge >= 0.3 is 0 Å². The molecule has 0 radical (unpaired) electrons. The predicted molar refractivity (Wildman–Crippen MR) is 89.4 cm³/mol. The molecule has 3 aromatic heterocycles. The smallest absolute Gasteiger partial charge is 0.0932 e. The monoisotopic (exact) mass is 342 g/mol. The van der Waals surface area contributed by atoms with Crippen LogP contribution in [0.2, 0.25) is 0 Å². The molecular weight excluding hydrogens is 324 g/mol. The molecule has 5 heterocycles. The molecule has 2 aliphatic heterocycles. The number of nitrogens with zero attached hydrogens (tertiary/aromatic N) is 5. The first-order valence-corrected chi connectivity index (χ1v) is 9.00. The number of nitrogens with one attached hydrogen (secondary N) is 1. The van der Waals surface area contributed by atoms with Gasteiger partial charge in [-0.25, -0.2) is 4.68 Å². The number of rotatable bonds is 3. The van der Waals surface area contributed by atoms with Crippen LogP contribution in [0.25, 0.3) is 10.6 Å². The number of hydrogen-bond acceptors (Lipinski definition) is 6. The molecule has 1 N–H and O–H groups in total. The van der Waals surface area contributed by atoms with Crippen molar-refractivity contribution in [2.75, 3.05) is 13.1 Å². The number of piperidine rings is 1. The van der Waals surface area contributed by atoms with Crippen molar-refractivity contribution in [1.29, 1.82) is 0 Å². The summed E-state index contributed by atoms with van der Waals surface area (Å²) in [4.78, 5) is 5.08. The standard InChI is InChI=1S/C16H18N6OS/c1-2-16(13-3-5-17-19-13)24-12(1)8-21-6-4-14-15(9-21)23-10-11-7-18-20-22(11)14/h1-3,5,7,14-15H,4,6,8-10H2,(H,17,19)/t14-,15+/m0/s1. The number of aromatic nitrogens is 5. The molecule has 0 saturated carbocycles. The minimum atomic E-state index is 0.208. The lowest BCUT2D eigenvalue weighted by Gasteiger charge is -2.40. The zero-order chi connectivity index (χ0) is 15.9. The average molecular weight is 342 g/mol. The molecular formula is C16H18N6OS. The summed E-state index contributed by atoms with van der Waals surface area (Å²) in [5.74, 6) is 0. The van der Waals surface area contributed by atoms with Crippen LogP contribution in [0.5, 0.6) is 0 Å². The van der Waals surface area contributed by atoms with E-state index in [1.165, 1.54) is 9.75 Å². The summed E-state index contributed by atoms with van der Waals surface area (Å²) in [6.45, 7) is 3.59. The second-order valence-corrected chi connectivity index (χ2v) is 7.52. The van der Waals surface area contributed by atoms with Crippen LogP contribution < -0.4 is 0 Å². The number of hydrogen-bond donors (Lipinski definition) is 1. The lowest BCUT2D eigenvalue weighted by atomic mass is 10.00. The van der Waals surface area contributed by atoms with Gasteiger partial charge in [0.05, 0.1) is 41.2 Å². The first-order valence-electron chi connectivity index (χ1n) is 8.18. The number of thiophene rings is 1. The zero-order valence-corrected chi connectivity index (χ0v) is 13.9. The predicted octanol–water partition coefficient (Wildman–Crippen LogP) is 2.08. The summed E-state index contributed by atoms with van der Waals surface area (Å²) in [7, 11) is 0. The molecule has 8 heteroatoms. The third-order valence-electron chi connectivity index (χ3n) is 4.82. The summed E-state index contributed by atoms with van der Waals surface area (Å²) in [6, 6.07) is 6.71. The number of aromatic amines is 1. The van der Waals surface area contributed by atoms with E-state index in [4.69, 9.17) is 4.74 Å². The summed E-state index contributed by atoms with van der Waals surface area (Å²) < 4.78 is 8.11. The van der Waals surface area contributed by atoms with Gasteiger partial charge in [-0.2, -0.15) is 5.10 Å². The van der Waals surface area contributed by atoms with Crippen LogP contribution in [-0.4, -0.2) is 49.3 Å². The van der Waals surface area contributed by atoms with Crippen molar-refractivity contribution in [2.45, 2.75) is 31.7 Å². The maximum atomic E-state index is 6.05. The van der Waals surface area contributed by atoms with Crippen LogP contribution >= 0.6 is 11.3 Å². The highest BCUT2D eigenvalue weighted by molar-refractivity contribution is 7.15. The Morgan fingerprint density at radius 3 is 3.25 bits per heavy atom. The maximum Gasteiger partial charge on any atom is 0.0932 e.